The molecule has 3 aromatic rings. The largest absolute Gasteiger partial charge is 0.350 e. The van der Waals surface area contributed by atoms with Crippen molar-refractivity contribution in [2.45, 2.75) is 6.54 Å². The Morgan fingerprint density at radius 1 is 1.17 bits per heavy atom. The van der Waals surface area contributed by atoms with Gasteiger partial charge in [-0.05, 0) is 29.8 Å². The second-order valence-corrected chi connectivity index (χ2v) is 4.00. The molecular formula is C13H10FN3O. The topological polar surface area (TPSA) is 39.3 Å². The molecule has 5 heteroatoms. The maximum absolute atomic E-state index is 13.1. The molecule has 0 saturated heterocycles. The first kappa shape index (κ1) is 10.7. The molecule has 0 amide bonds. The fourth-order valence-electron chi connectivity index (χ4n) is 1.88. The quantitative estimate of drug-likeness (QED) is 0.687. The molecule has 0 saturated carbocycles. The number of fused-ring (bicyclic) bond motifs is 1. The second-order valence-electron chi connectivity index (χ2n) is 4.00. The molecule has 18 heavy (non-hydrogen) atoms. The van der Waals surface area contributed by atoms with Gasteiger partial charge in [-0.25, -0.2) is 13.9 Å². The van der Waals surface area contributed by atoms with E-state index in [-0.39, 0.29) is 18.1 Å². The average Bonchev–Trinajstić information content (AvgIpc) is 2.67. The van der Waals surface area contributed by atoms with E-state index in [9.17, 15) is 9.18 Å². The first-order valence-electron chi connectivity index (χ1n) is 5.53. The van der Waals surface area contributed by atoms with Gasteiger partial charge in [-0.3, -0.25) is 4.40 Å². The Morgan fingerprint density at radius 2 is 2.06 bits per heavy atom. The van der Waals surface area contributed by atoms with Crippen molar-refractivity contribution in [3.63, 3.8) is 0 Å². The minimum Gasteiger partial charge on any atom is -0.250 e. The van der Waals surface area contributed by atoms with E-state index in [1.165, 1.54) is 21.2 Å². The van der Waals surface area contributed by atoms with E-state index >= 15 is 0 Å². The van der Waals surface area contributed by atoms with Crippen LogP contribution in [0.3, 0.4) is 0 Å². The van der Waals surface area contributed by atoms with Gasteiger partial charge in [-0.2, -0.15) is 0 Å². The van der Waals surface area contributed by atoms with Crippen molar-refractivity contribution in [2.24, 2.45) is 0 Å². The monoisotopic (exact) mass is 243 g/mol. The lowest BCUT2D eigenvalue weighted by Gasteiger charge is -1.99. The van der Waals surface area contributed by atoms with Crippen molar-refractivity contribution in [3.05, 3.63) is 70.5 Å². The number of hydrogen-bond acceptors (Lipinski definition) is 2. The molecule has 1 aromatic carbocycles. The number of benzene rings is 1. The highest BCUT2D eigenvalue weighted by Gasteiger charge is 2.06. The summed E-state index contributed by atoms with van der Waals surface area (Å²) in [6.45, 7) is 0.262. The van der Waals surface area contributed by atoms with Crippen molar-refractivity contribution in [2.75, 3.05) is 0 Å². The summed E-state index contributed by atoms with van der Waals surface area (Å²) in [5.41, 5.74) is 1.06. The van der Waals surface area contributed by atoms with Crippen LogP contribution in [0.25, 0.3) is 5.65 Å². The number of rotatable bonds is 2. The first-order chi connectivity index (χ1) is 8.74. The van der Waals surface area contributed by atoms with Gasteiger partial charge >= 0.3 is 5.69 Å². The first-order valence-corrected chi connectivity index (χ1v) is 5.53. The van der Waals surface area contributed by atoms with Crippen LogP contribution in [0, 0.1) is 5.82 Å². The summed E-state index contributed by atoms with van der Waals surface area (Å²) < 4.78 is 15.8. The smallest absolute Gasteiger partial charge is 0.250 e. The van der Waals surface area contributed by atoms with Gasteiger partial charge in [0.05, 0.1) is 6.54 Å². The van der Waals surface area contributed by atoms with E-state index in [0.29, 0.717) is 11.2 Å². The lowest BCUT2D eigenvalue weighted by Crippen LogP contribution is -2.21. The predicted octanol–water partition coefficient (Wildman–Crippen LogP) is 1.68. The number of nitrogens with zero attached hydrogens (tertiary/aromatic N) is 3. The molecule has 4 nitrogen and oxygen atoms in total. The minimum atomic E-state index is -0.315. The van der Waals surface area contributed by atoms with Gasteiger partial charge in [-0.15, -0.1) is 5.10 Å². The summed E-state index contributed by atoms with van der Waals surface area (Å²) in [5.74, 6) is -0.315. The van der Waals surface area contributed by atoms with Gasteiger partial charge in [-0.1, -0.05) is 18.2 Å². The Labute approximate surface area is 102 Å². The van der Waals surface area contributed by atoms with Gasteiger partial charge in [0.25, 0.3) is 0 Å². The average molecular weight is 243 g/mol. The Bertz CT molecular complexity index is 760. The van der Waals surface area contributed by atoms with Crippen LogP contribution in [-0.2, 0) is 6.54 Å². The highest BCUT2D eigenvalue weighted by atomic mass is 19.1. The van der Waals surface area contributed by atoms with Gasteiger partial charge < -0.3 is 0 Å². The summed E-state index contributed by atoms with van der Waals surface area (Å²) in [7, 11) is 0. The van der Waals surface area contributed by atoms with Crippen LogP contribution >= 0.6 is 0 Å². The molecule has 0 bridgehead atoms. The SMILES string of the molecule is O=c1n(Cc2cccc(F)c2)nc2ccccn12. The predicted molar refractivity (Wildman–Crippen MR) is 65.0 cm³/mol. The van der Waals surface area contributed by atoms with Gasteiger partial charge in [0.1, 0.15) is 5.82 Å². The van der Waals surface area contributed by atoms with Gasteiger partial charge in [0.2, 0.25) is 0 Å². The molecule has 0 aliphatic rings. The summed E-state index contributed by atoms with van der Waals surface area (Å²) in [6, 6.07) is 11.5. The number of aromatic nitrogens is 3. The van der Waals surface area contributed by atoms with Crippen molar-refractivity contribution in [1.29, 1.82) is 0 Å². The maximum atomic E-state index is 13.1. The molecule has 0 aliphatic carbocycles. The minimum absolute atomic E-state index is 0.227. The van der Waals surface area contributed by atoms with Crippen LogP contribution in [-0.4, -0.2) is 14.2 Å². The van der Waals surface area contributed by atoms with Crippen LogP contribution in [0.5, 0.6) is 0 Å². The third-order valence-electron chi connectivity index (χ3n) is 2.71. The second kappa shape index (κ2) is 4.10. The number of halogens is 1. The highest BCUT2D eigenvalue weighted by molar-refractivity contribution is 5.35. The lowest BCUT2D eigenvalue weighted by molar-refractivity contribution is 0.615. The fraction of sp³-hybridized carbons (Fsp3) is 0.0769. The van der Waals surface area contributed by atoms with E-state index in [2.05, 4.69) is 5.10 Å². The Morgan fingerprint density at radius 3 is 2.83 bits per heavy atom. The Balaban J connectivity index is 2.05. The molecule has 2 aromatic heterocycles. The lowest BCUT2D eigenvalue weighted by atomic mass is 10.2. The molecule has 0 spiro atoms. The van der Waals surface area contributed by atoms with E-state index in [0.717, 1.165) is 0 Å². The zero-order valence-electron chi connectivity index (χ0n) is 9.45. The van der Waals surface area contributed by atoms with Gasteiger partial charge in [0.15, 0.2) is 5.65 Å². The third-order valence-corrected chi connectivity index (χ3v) is 2.71. The molecule has 0 unspecified atom stereocenters. The molecule has 0 aliphatic heterocycles. The summed E-state index contributed by atoms with van der Waals surface area (Å²) >= 11 is 0. The summed E-state index contributed by atoms with van der Waals surface area (Å²) in [6.07, 6.45) is 1.66. The van der Waals surface area contributed by atoms with E-state index < -0.39 is 0 Å². The maximum Gasteiger partial charge on any atom is 0.350 e. The van der Waals surface area contributed by atoms with Crippen molar-refractivity contribution < 1.29 is 4.39 Å². The Hall–Kier alpha value is -2.43. The van der Waals surface area contributed by atoms with Crippen LogP contribution < -0.4 is 5.69 Å². The third kappa shape index (κ3) is 1.79. The van der Waals surface area contributed by atoms with Gasteiger partial charge in [0, 0.05) is 6.20 Å². The molecular weight excluding hydrogens is 233 g/mol. The fourth-order valence-corrected chi connectivity index (χ4v) is 1.88. The highest BCUT2D eigenvalue weighted by Crippen LogP contribution is 2.05. The number of hydrogen-bond donors (Lipinski definition) is 0. The van der Waals surface area contributed by atoms with Crippen LogP contribution in [0.15, 0.2) is 53.5 Å². The summed E-state index contributed by atoms with van der Waals surface area (Å²) in [4.78, 5) is 12.0. The Kier molecular flexibility index (Phi) is 2.44. The molecule has 2 heterocycles. The van der Waals surface area contributed by atoms with Crippen LogP contribution in [0.1, 0.15) is 5.56 Å². The van der Waals surface area contributed by atoms with E-state index in [4.69, 9.17) is 0 Å². The molecule has 0 radical (unpaired) electrons. The van der Waals surface area contributed by atoms with Crippen molar-refractivity contribution in [1.82, 2.24) is 14.2 Å². The van der Waals surface area contributed by atoms with Crippen molar-refractivity contribution in [3.8, 4) is 0 Å². The molecule has 0 atom stereocenters. The van der Waals surface area contributed by atoms with Crippen molar-refractivity contribution >= 4 is 5.65 Å². The zero-order chi connectivity index (χ0) is 12.5. The normalized spacial score (nSPS) is 10.9. The molecule has 90 valence electrons. The van der Waals surface area contributed by atoms with Crippen LogP contribution in [0.2, 0.25) is 0 Å². The standard InChI is InChI=1S/C13H10FN3O/c14-11-5-3-4-10(8-11)9-17-13(18)16-7-2-1-6-12(16)15-17/h1-8H,9H2. The molecule has 0 fully saturated rings. The molecule has 3 rings (SSSR count). The zero-order valence-corrected chi connectivity index (χ0v) is 9.45. The van der Waals surface area contributed by atoms with E-state index in [1.807, 2.05) is 6.07 Å². The summed E-state index contributed by atoms with van der Waals surface area (Å²) in [5, 5.41) is 4.18. The molecule has 0 N–H and O–H groups in total. The number of pyridine rings is 1. The van der Waals surface area contributed by atoms with Crippen LogP contribution in [0.4, 0.5) is 4.39 Å². The van der Waals surface area contributed by atoms with E-state index in [1.54, 1.807) is 30.5 Å².